The highest BCUT2D eigenvalue weighted by Gasteiger charge is 2.29. The van der Waals surface area contributed by atoms with E-state index in [1.54, 1.807) is 17.3 Å². The van der Waals surface area contributed by atoms with Crippen LogP contribution in [0.4, 0.5) is 16.2 Å². The van der Waals surface area contributed by atoms with Crippen molar-refractivity contribution in [2.45, 2.75) is 84.2 Å². The van der Waals surface area contributed by atoms with Crippen molar-refractivity contribution >= 4 is 23.4 Å². The van der Waals surface area contributed by atoms with Crippen molar-refractivity contribution in [1.82, 2.24) is 14.9 Å². The number of hydrogen-bond acceptors (Lipinski definition) is 6. The van der Waals surface area contributed by atoms with Crippen LogP contribution >= 0.6 is 0 Å². The highest BCUT2D eigenvalue weighted by Crippen LogP contribution is 2.37. The second kappa shape index (κ2) is 11.5. The van der Waals surface area contributed by atoms with E-state index in [1.165, 1.54) is 0 Å². The number of carbonyl (C=O) groups excluding carboxylic acids is 1. The van der Waals surface area contributed by atoms with Crippen LogP contribution in [0.15, 0.2) is 30.6 Å². The first-order valence-corrected chi connectivity index (χ1v) is 12.5. The largest absolute Gasteiger partial charge is 0.481 e. The Morgan fingerprint density at radius 1 is 1.17 bits per heavy atom. The van der Waals surface area contributed by atoms with Gasteiger partial charge in [0.1, 0.15) is 11.4 Å². The molecule has 0 unspecified atom stereocenters. The summed E-state index contributed by atoms with van der Waals surface area (Å²) in [7, 11) is 0. The maximum absolute atomic E-state index is 12.5. The highest BCUT2D eigenvalue weighted by molar-refractivity contribution is 5.70. The van der Waals surface area contributed by atoms with Crippen molar-refractivity contribution in [3.05, 3.63) is 47.5 Å². The molecular formula is C27H38N4O4. The minimum Gasteiger partial charge on any atom is -0.481 e. The first-order valence-electron chi connectivity index (χ1n) is 12.5. The third kappa shape index (κ3) is 7.41. The number of aromatic nitrogens is 2. The number of amides is 1. The maximum Gasteiger partial charge on any atom is 0.410 e. The number of hydrogen-bond donors (Lipinski definition) is 2. The lowest BCUT2D eigenvalue weighted by Crippen LogP contribution is -2.41. The van der Waals surface area contributed by atoms with E-state index in [9.17, 15) is 14.7 Å². The minimum absolute atomic E-state index is 0.0603. The summed E-state index contributed by atoms with van der Waals surface area (Å²) in [5.74, 6) is 0.190. The number of ether oxygens (including phenoxy) is 1. The smallest absolute Gasteiger partial charge is 0.410 e. The summed E-state index contributed by atoms with van der Waals surface area (Å²) in [6.07, 6.45) is 6.55. The monoisotopic (exact) mass is 482 g/mol. The fourth-order valence-electron chi connectivity index (χ4n) is 4.46. The summed E-state index contributed by atoms with van der Waals surface area (Å²) in [5, 5.41) is 12.8. The average Bonchev–Trinajstić information content (AvgIpc) is 2.82. The average molecular weight is 483 g/mol. The summed E-state index contributed by atoms with van der Waals surface area (Å²) in [5.41, 5.74) is 3.37. The molecule has 1 amide bonds. The molecule has 1 saturated heterocycles. The van der Waals surface area contributed by atoms with Crippen LogP contribution in [-0.2, 0) is 16.0 Å². The van der Waals surface area contributed by atoms with Gasteiger partial charge in [-0.1, -0.05) is 26.0 Å². The van der Waals surface area contributed by atoms with Gasteiger partial charge < -0.3 is 20.1 Å². The van der Waals surface area contributed by atoms with E-state index in [-0.39, 0.29) is 24.3 Å². The van der Waals surface area contributed by atoms with Crippen molar-refractivity contribution in [3.8, 4) is 0 Å². The number of aliphatic carboxylic acids is 1. The molecule has 3 rings (SSSR count). The Labute approximate surface area is 208 Å². The van der Waals surface area contributed by atoms with E-state index in [0.717, 1.165) is 54.0 Å². The van der Waals surface area contributed by atoms with E-state index in [1.807, 2.05) is 34.6 Å². The van der Waals surface area contributed by atoms with Crippen molar-refractivity contribution in [2.75, 3.05) is 18.4 Å². The first kappa shape index (κ1) is 26.4. The van der Waals surface area contributed by atoms with Gasteiger partial charge >= 0.3 is 12.1 Å². The van der Waals surface area contributed by atoms with Gasteiger partial charge in [-0.25, -0.2) is 14.8 Å². The second-order valence-corrected chi connectivity index (χ2v) is 10.2. The number of benzene rings is 1. The number of carboxylic acids is 1. The quantitative estimate of drug-likeness (QED) is 0.485. The number of piperidine rings is 1. The van der Waals surface area contributed by atoms with Gasteiger partial charge in [-0.3, -0.25) is 4.79 Å². The van der Waals surface area contributed by atoms with Gasteiger partial charge in [0.25, 0.3) is 0 Å². The topological polar surface area (TPSA) is 105 Å². The number of carbonyl (C=O) groups is 2. The van der Waals surface area contributed by atoms with Crippen molar-refractivity contribution in [3.63, 3.8) is 0 Å². The third-order valence-electron chi connectivity index (χ3n) is 6.35. The Morgan fingerprint density at radius 3 is 2.37 bits per heavy atom. The van der Waals surface area contributed by atoms with Crippen LogP contribution in [0, 0.1) is 0 Å². The maximum atomic E-state index is 12.5. The van der Waals surface area contributed by atoms with E-state index in [0.29, 0.717) is 13.1 Å². The van der Waals surface area contributed by atoms with Gasteiger partial charge in [0, 0.05) is 25.2 Å². The molecule has 190 valence electrons. The molecule has 8 nitrogen and oxygen atoms in total. The number of nitrogens with one attached hydrogen (secondary N) is 1. The summed E-state index contributed by atoms with van der Waals surface area (Å²) in [6.45, 7) is 10.9. The fourth-order valence-corrected chi connectivity index (χ4v) is 4.46. The van der Waals surface area contributed by atoms with Gasteiger partial charge in [-0.05, 0) is 69.1 Å². The van der Waals surface area contributed by atoms with Crippen LogP contribution in [-0.4, -0.2) is 50.7 Å². The number of anilines is 2. The van der Waals surface area contributed by atoms with E-state index >= 15 is 0 Å². The number of likely N-dealkylation sites (tertiary alicyclic amines) is 1. The molecule has 2 aromatic rings. The Hall–Kier alpha value is -3.16. The minimum atomic E-state index is -0.798. The zero-order valence-corrected chi connectivity index (χ0v) is 21.5. The van der Waals surface area contributed by atoms with E-state index in [4.69, 9.17) is 4.74 Å². The Kier molecular flexibility index (Phi) is 8.70. The van der Waals surface area contributed by atoms with Gasteiger partial charge in [-0.15, -0.1) is 0 Å². The first-order chi connectivity index (χ1) is 16.6. The van der Waals surface area contributed by atoms with E-state index < -0.39 is 11.6 Å². The van der Waals surface area contributed by atoms with Crippen LogP contribution in [0.2, 0.25) is 0 Å². The molecule has 0 spiro atoms. The SMILES string of the molecule is CCc1ncc(Nc2cc([C@@H](CC)CC(=O)O)ccc2C2CCN(C(=O)OC(C)(C)C)CC2)cn1. The zero-order valence-electron chi connectivity index (χ0n) is 21.5. The molecule has 0 aliphatic carbocycles. The van der Waals surface area contributed by atoms with Crippen LogP contribution in [0.25, 0.3) is 0 Å². The normalized spacial score (nSPS) is 15.5. The Morgan fingerprint density at radius 2 is 1.83 bits per heavy atom. The van der Waals surface area contributed by atoms with Crippen LogP contribution in [0.1, 0.15) is 89.1 Å². The van der Waals surface area contributed by atoms with Crippen molar-refractivity contribution in [2.24, 2.45) is 0 Å². The molecule has 1 aromatic carbocycles. The second-order valence-electron chi connectivity index (χ2n) is 10.2. The predicted molar refractivity (Wildman–Crippen MR) is 136 cm³/mol. The van der Waals surface area contributed by atoms with Gasteiger partial charge in [0.05, 0.1) is 24.5 Å². The number of carboxylic acid groups (broad SMARTS) is 1. The van der Waals surface area contributed by atoms with Gasteiger partial charge in [0.15, 0.2) is 0 Å². The van der Waals surface area contributed by atoms with Crippen molar-refractivity contribution < 1.29 is 19.4 Å². The summed E-state index contributed by atoms with van der Waals surface area (Å²) >= 11 is 0. The van der Waals surface area contributed by atoms with Crippen LogP contribution in [0.5, 0.6) is 0 Å². The molecule has 1 atom stereocenters. The molecule has 0 bridgehead atoms. The predicted octanol–water partition coefficient (Wildman–Crippen LogP) is 5.87. The highest BCUT2D eigenvalue weighted by atomic mass is 16.6. The lowest BCUT2D eigenvalue weighted by atomic mass is 9.85. The van der Waals surface area contributed by atoms with Crippen LogP contribution < -0.4 is 5.32 Å². The molecule has 0 saturated carbocycles. The lowest BCUT2D eigenvalue weighted by molar-refractivity contribution is -0.137. The molecular weight excluding hydrogens is 444 g/mol. The molecule has 2 N–H and O–H groups in total. The fraction of sp³-hybridized carbons (Fsp3) is 0.556. The molecule has 8 heteroatoms. The summed E-state index contributed by atoms with van der Waals surface area (Å²) in [4.78, 5) is 34.5. The number of nitrogens with zero attached hydrogens (tertiary/aromatic N) is 3. The molecule has 2 heterocycles. The van der Waals surface area contributed by atoms with Crippen molar-refractivity contribution in [1.29, 1.82) is 0 Å². The molecule has 0 radical (unpaired) electrons. The Bertz CT molecular complexity index is 1010. The lowest BCUT2D eigenvalue weighted by Gasteiger charge is -2.34. The zero-order chi connectivity index (χ0) is 25.6. The number of rotatable bonds is 8. The third-order valence-corrected chi connectivity index (χ3v) is 6.35. The Balaban J connectivity index is 1.84. The standard InChI is InChI=1S/C27H38N4O4/c1-6-18(15-25(32)33)20-8-9-22(23(14-20)30-21-16-28-24(7-2)29-17-21)19-10-12-31(13-11-19)26(34)35-27(3,4)5/h8-9,14,16-19,30H,6-7,10-13,15H2,1-5H3,(H,32,33)/t18-/m0/s1. The molecule has 35 heavy (non-hydrogen) atoms. The van der Waals surface area contributed by atoms with E-state index in [2.05, 4.69) is 33.5 Å². The summed E-state index contributed by atoms with van der Waals surface area (Å²) in [6, 6.07) is 6.23. The van der Waals surface area contributed by atoms with Gasteiger partial charge in [-0.2, -0.15) is 0 Å². The number of aryl methyl sites for hydroxylation is 1. The molecule has 1 aliphatic heterocycles. The summed E-state index contributed by atoms with van der Waals surface area (Å²) < 4.78 is 5.54. The molecule has 1 aliphatic rings. The van der Waals surface area contributed by atoms with Crippen LogP contribution in [0.3, 0.4) is 0 Å². The van der Waals surface area contributed by atoms with Gasteiger partial charge in [0.2, 0.25) is 0 Å². The molecule has 1 aromatic heterocycles. The molecule has 1 fully saturated rings.